The van der Waals surface area contributed by atoms with Crippen molar-refractivity contribution in [3.8, 4) is 0 Å². The number of carbonyl (C=O) groups is 1. The van der Waals surface area contributed by atoms with Crippen LogP contribution in [0.5, 0.6) is 0 Å². The van der Waals surface area contributed by atoms with Crippen molar-refractivity contribution < 1.29 is 9.32 Å². The number of benzene rings is 1. The van der Waals surface area contributed by atoms with Crippen LogP contribution in [0.4, 0.5) is 0 Å². The number of carbonyl (C=O) groups excluding carboxylic acids is 1. The largest absolute Gasteiger partial charge is 0.346 e. The van der Waals surface area contributed by atoms with Crippen LogP contribution in [-0.2, 0) is 6.54 Å². The van der Waals surface area contributed by atoms with Crippen LogP contribution >= 0.6 is 0 Å². The summed E-state index contributed by atoms with van der Waals surface area (Å²) >= 11 is 0. The molecule has 134 valence electrons. The summed E-state index contributed by atoms with van der Waals surface area (Å²) in [5.41, 5.74) is 2.25. The monoisotopic (exact) mass is 352 g/mol. The van der Waals surface area contributed by atoms with E-state index in [4.69, 9.17) is 4.52 Å². The lowest BCUT2D eigenvalue weighted by molar-refractivity contribution is 0.0937. The molecule has 26 heavy (non-hydrogen) atoms. The first-order valence-corrected chi connectivity index (χ1v) is 9.07. The van der Waals surface area contributed by atoms with Gasteiger partial charge in [0.25, 0.3) is 11.7 Å². The van der Waals surface area contributed by atoms with E-state index in [1.54, 1.807) is 0 Å². The van der Waals surface area contributed by atoms with Crippen LogP contribution in [0.15, 0.2) is 28.9 Å². The second-order valence-corrected chi connectivity index (χ2v) is 7.12. The number of hydrogen-bond acceptors (Lipinski definition) is 6. The number of fused-ring (bicyclic) bond motifs is 1. The molecule has 5 rings (SSSR count). The Morgan fingerprint density at radius 2 is 2.27 bits per heavy atom. The van der Waals surface area contributed by atoms with Gasteiger partial charge >= 0.3 is 0 Å². The molecule has 0 spiro atoms. The summed E-state index contributed by atoms with van der Waals surface area (Å²) in [5, 5.41) is 15.0. The number of aromatic amines is 1. The Bertz CT molecular complexity index is 944. The summed E-state index contributed by atoms with van der Waals surface area (Å²) in [6.07, 6.45) is 5.92. The molecule has 3 aromatic rings. The predicted molar refractivity (Wildman–Crippen MR) is 93.3 cm³/mol. The van der Waals surface area contributed by atoms with Gasteiger partial charge in [0.2, 0.25) is 5.89 Å². The van der Waals surface area contributed by atoms with E-state index in [1.807, 2.05) is 6.20 Å². The van der Waals surface area contributed by atoms with E-state index in [9.17, 15) is 4.79 Å². The number of aromatic nitrogens is 4. The molecule has 8 nitrogen and oxygen atoms in total. The Kier molecular flexibility index (Phi) is 3.70. The minimum absolute atomic E-state index is 0.0578. The fraction of sp³-hybridized carbons (Fsp3) is 0.444. The second-order valence-electron chi connectivity index (χ2n) is 7.12. The number of rotatable bonds is 5. The zero-order chi connectivity index (χ0) is 17.5. The van der Waals surface area contributed by atoms with Gasteiger partial charge in [0, 0.05) is 18.0 Å². The number of hydrogen-bond donors (Lipinski definition) is 2. The fourth-order valence-electron chi connectivity index (χ4n) is 3.55. The highest BCUT2D eigenvalue weighted by Crippen LogP contribution is 2.32. The Hall–Kier alpha value is -2.74. The minimum atomic E-state index is -0.239. The van der Waals surface area contributed by atoms with Gasteiger partial charge in [-0.3, -0.25) is 14.8 Å². The first-order valence-electron chi connectivity index (χ1n) is 9.07. The van der Waals surface area contributed by atoms with Crippen molar-refractivity contribution in [2.75, 3.05) is 6.54 Å². The van der Waals surface area contributed by atoms with E-state index >= 15 is 0 Å². The molecule has 1 amide bonds. The first-order chi connectivity index (χ1) is 12.8. The Balaban J connectivity index is 1.31. The topological polar surface area (TPSA) is 99.9 Å². The molecule has 0 bridgehead atoms. The standard InChI is InChI=1S/C18H20N6O2/c25-17(20-13-5-6-13)16-21-18(26-23-16)15-2-1-7-24(15)10-11-3-4-12-9-19-22-14(12)8-11/h3-4,8-9,13,15H,1-2,5-7,10H2,(H,19,22)(H,20,25). The van der Waals surface area contributed by atoms with Gasteiger partial charge < -0.3 is 9.84 Å². The van der Waals surface area contributed by atoms with Crippen LogP contribution in [0, 0.1) is 0 Å². The first kappa shape index (κ1) is 15.5. The molecule has 8 heteroatoms. The Morgan fingerprint density at radius 1 is 1.35 bits per heavy atom. The van der Waals surface area contributed by atoms with Gasteiger partial charge in [-0.05, 0) is 43.9 Å². The van der Waals surface area contributed by atoms with Gasteiger partial charge in [0.15, 0.2) is 0 Å². The summed E-state index contributed by atoms with van der Waals surface area (Å²) in [7, 11) is 0. The highest BCUT2D eigenvalue weighted by molar-refractivity contribution is 5.90. The van der Waals surface area contributed by atoms with E-state index < -0.39 is 0 Å². The average molecular weight is 352 g/mol. The molecule has 1 aliphatic carbocycles. The van der Waals surface area contributed by atoms with Gasteiger partial charge in [-0.1, -0.05) is 17.3 Å². The smallest absolute Gasteiger partial charge is 0.292 e. The molecule has 2 aliphatic rings. The van der Waals surface area contributed by atoms with Gasteiger partial charge in [-0.15, -0.1) is 0 Å². The molecule has 1 aliphatic heterocycles. The lowest BCUT2D eigenvalue weighted by Crippen LogP contribution is -2.27. The summed E-state index contributed by atoms with van der Waals surface area (Å²) in [5.74, 6) is 0.431. The van der Waals surface area contributed by atoms with Crippen LogP contribution < -0.4 is 5.32 Å². The van der Waals surface area contributed by atoms with Crippen molar-refractivity contribution in [3.63, 3.8) is 0 Å². The number of H-pyrrole nitrogens is 1. The highest BCUT2D eigenvalue weighted by Gasteiger charge is 2.32. The highest BCUT2D eigenvalue weighted by atomic mass is 16.5. The maximum absolute atomic E-state index is 12.1. The van der Waals surface area contributed by atoms with Gasteiger partial charge in [0.05, 0.1) is 17.8 Å². The average Bonchev–Trinajstić information content (AvgIpc) is 3.08. The van der Waals surface area contributed by atoms with Crippen molar-refractivity contribution >= 4 is 16.8 Å². The summed E-state index contributed by atoms with van der Waals surface area (Å²) in [6.45, 7) is 1.77. The molecule has 1 saturated heterocycles. The zero-order valence-electron chi connectivity index (χ0n) is 14.3. The van der Waals surface area contributed by atoms with Crippen LogP contribution in [-0.4, -0.2) is 43.7 Å². The van der Waals surface area contributed by atoms with Crippen molar-refractivity contribution in [1.29, 1.82) is 0 Å². The molecule has 1 saturated carbocycles. The van der Waals surface area contributed by atoms with Crippen LogP contribution in [0.25, 0.3) is 10.9 Å². The Labute approximate surface area is 149 Å². The molecule has 1 aromatic carbocycles. The summed E-state index contributed by atoms with van der Waals surface area (Å²) in [6, 6.07) is 6.66. The molecule has 2 aromatic heterocycles. The van der Waals surface area contributed by atoms with Crippen LogP contribution in [0.3, 0.4) is 0 Å². The minimum Gasteiger partial charge on any atom is -0.346 e. The maximum Gasteiger partial charge on any atom is 0.292 e. The van der Waals surface area contributed by atoms with Crippen LogP contribution in [0.1, 0.15) is 53.8 Å². The van der Waals surface area contributed by atoms with Crippen molar-refractivity contribution in [2.45, 2.75) is 44.3 Å². The molecular formula is C18H20N6O2. The van der Waals surface area contributed by atoms with E-state index in [0.29, 0.717) is 5.89 Å². The number of nitrogens with zero attached hydrogens (tertiary/aromatic N) is 4. The zero-order valence-corrected chi connectivity index (χ0v) is 14.3. The van der Waals surface area contributed by atoms with E-state index in [-0.39, 0.29) is 23.8 Å². The van der Waals surface area contributed by atoms with Crippen molar-refractivity contribution in [3.05, 3.63) is 41.7 Å². The second kappa shape index (κ2) is 6.21. The summed E-state index contributed by atoms with van der Waals surface area (Å²) in [4.78, 5) is 18.8. The number of likely N-dealkylation sites (tertiary alicyclic amines) is 1. The maximum atomic E-state index is 12.1. The molecule has 2 fully saturated rings. The molecule has 1 atom stereocenters. The lowest BCUT2D eigenvalue weighted by atomic mass is 10.1. The van der Waals surface area contributed by atoms with Gasteiger partial charge in [-0.2, -0.15) is 10.1 Å². The van der Waals surface area contributed by atoms with Crippen molar-refractivity contribution in [2.24, 2.45) is 0 Å². The predicted octanol–water partition coefficient (Wildman–Crippen LogP) is 2.18. The van der Waals surface area contributed by atoms with E-state index in [1.165, 1.54) is 5.56 Å². The molecule has 0 radical (unpaired) electrons. The summed E-state index contributed by atoms with van der Waals surface area (Å²) < 4.78 is 5.42. The molecule has 3 heterocycles. The van der Waals surface area contributed by atoms with Gasteiger partial charge in [0.1, 0.15) is 0 Å². The third-order valence-electron chi connectivity index (χ3n) is 5.10. The fourth-order valence-corrected chi connectivity index (χ4v) is 3.55. The third kappa shape index (κ3) is 2.96. The van der Waals surface area contributed by atoms with Crippen LogP contribution in [0.2, 0.25) is 0 Å². The molecular weight excluding hydrogens is 332 g/mol. The third-order valence-corrected chi connectivity index (χ3v) is 5.10. The molecule has 1 unspecified atom stereocenters. The Morgan fingerprint density at radius 3 is 3.15 bits per heavy atom. The normalized spacial score (nSPS) is 20.7. The van der Waals surface area contributed by atoms with E-state index in [0.717, 1.165) is 49.7 Å². The number of amides is 1. The van der Waals surface area contributed by atoms with E-state index in [2.05, 4.69) is 48.8 Å². The number of nitrogens with one attached hydrogen (secondary N) is 2. The SMILES string of the molecule is O=C(NC1CC1)c1noc(C2CCCN2Cc2ccc3cn[nH]c3c2)n1. The lowest BCUT2D eigenvalue weighted by Gasteiger charge is -2.21. The quantitative estimate of drug-likeness (QED) is 0.730. The van der Waals surface area contributed by atoms with Crippen molar-refractivity contribution in [1.82, 2.24) is 30.6 Å². The molecule has 2 N–H and O–H groups in total. The van der Waals surface area contributed by atoms with Gasteiger partial charge in [-0.25, -0.2) is 0 Å².